The van der Waals surface area contributed by atoms with Gasteiger partial charge in [-0.15, -0.1) is 0 Å². The maximum absolute atomic E-state index is 12.9. The van der Waals surface area contributed by atoms with E-state index in [-0.39, 0.29) is 13.2 Å². The molecule has 6 nitrogen and oxygen atoms in total. The summed E-state index contributed by atoms with van der Waals surface area (Å²) in [4.78, 5) is 12.9. The van der Waals surface area contributed by atoms with Crippen LogP contribution in [0, 0.1) is 0 Å². The number of aliphatic hydroxyl groups is 1. The van der Waals surface area contributed by atoms with Crippen molar-refractivity contribution < 1.29 is 24.1 Å². The summed E-state index contributed by atoms with van der Waals surface area (Å²) in [5.41, 5.74) is 10.6. The minimum absolute atomic E-state index is 0.113. The molecule has 0 aliphatic heterocycles. The van der Waals surface area contributed by atoms with E-state index in [1.807, 2.05) is 54.6 Å². The first kappa shape index (κ1) is 32.0. The van der Waals surface area contributed by atoms with Gasteiger partial charge in [-0.2, -0.15) is 0 Å². The average molecular weight is 562 g/mol. The number of primary amides is 1. The lowest BCUT2D eigenvalue weighted by molar-refractivity contribution is 0.0999. The lowest BCUT2D eigenvalue weighted by atomic mass is 9.86. The van der Waals surface area contributed by atoms with E-state index < -0.39 is 5.91 Å². The van der Waals surface area contributed by atoms with Crippen LogP contribution in [0.4, 0.5) is 0 Å². The summed E-state index contributed by atoms with van der Waals surface area (Å²) in [6.45, 7) is 2.22. The van der Waals surface area contributed by atoms with Gasteiger partial charge in [-0.1, -0.05) is 89.0 Å². The second-order valence-corrected chi connectivity index (χ2v) is 10.5. The number of rotatable bonds is 19. The lowest BCUT2D eigenvalue weighted by Crippen LogP contribution is -2.16. The maximum Gasteiger partial charge on any atom is 0.249 e. The number of benzene rings is 3. The van der Waals surface area contributed by atoms with Gasteiger partial charge in [-0.3, -0.25) is 4.79 Å². The fraction of sp³-hybridized carbons (Fsp3) is 0.457. The van der Waals surface area contributed by atoms with Crippen molar-refractivity contribution in [2.75, 3.05) is 27.4 Å². The van der Waals surface area contributed by atoms with Crippen molar-refractivity contribution in [1.82, 2.24) is 0 Å². The van der Waals surface area contributed by atoms with Crippen molar-refractivity contribution in [3.8, 4) is 39.5 Å². The second-order valence-electron chi connectivity index (χ2n) is 10.5. The smallest absolute Gasteiger partial charge is 0.249 e. The Morgan fingerprint density at radius 1 is 0.780 bits per heavy atom. The van der Waals surface area contributed by atoms with Crippen LogP contribution in [0.2, 0.25) is 0 Å². The molecule has 0 spiro atoms. The van der Waals surface area contributed by atoms with Gasteiger partial charge >= 0.3 is 0 Å². The van der Waals surface area contributed by atoms with E-state index in [0.717, 1.165) is 40.7 Å². The Hall–Kier alpha value is -3.51. The summed E-state index contributed by atoms with van der Waals surface area (Å²) in [5, 5.41) is 9.69. The van der Waals surface area contributed by atoms with Crippen LogP contribution in [0.5, 0.6) is 17.2 Å². The van der Waals surface area contributed by atoms with Crippen molar-refractivity contribution in [2.24, 2.45) is 5.73 Å². The van der Waals surface area contributed by atoms with Crippen molar-refractivity contribution >= 4 is 5.91 Å². The van der Waals surface area contributed by atoms with Gasteiger partial charge in [-0.25, -0.2) is 0 Å². The quantitative estimate of drug-likeness (QED) is 0.145. The molecule has 3 rings (SSSR count). The molecule has 0 bridgehead atoms. The molecule has 0 aliphatic carbocycles. The number of amides is 1. The van der Waals surface area contributed by atoms with E-state index in [1.54, 1.807) is 14.2 Å². The third-order valence-corrected chi connectivity index (χ3v) is 7.51. The zero-order chi connectivity index (χ0) is 29.5. The highest BCUT2D eigenvalue weighted by Crippen LogP contribution is 2.45. The number of carbonyl (C=O) groups is 1. The number of aliphatic hydroxyl groups excluding tert-OH is 1. The predicted octanol–water partition coefficient (Wildman–Crippen LogP) is 7.97. The highest BCUT2D eigenvalue weighted by atomic mass is 16.5. The topological polar surface area (TPSA) is 91.0 Å². The lowest BCUT2D eigenvalue weighted by Gasteiger charge is -2.23. The molecule has 6 heteroatoms. The van der Waals surface area contributed by atoms with Crippen LogP contribution < -0.4 is 19.9 Å². The first-order valence-corrected chi connectivity index (χ1v) is 15.1. The van der Waals surface area contributed by atoms with E-state index >= 15 is 0 Å². The van der Waals surface area contributed by atoms with Crippen molar-refractivity contribution in [3.63, 3.8) is 0 Å². The highest BCUT2D eigenvalue weighted by Gasteiger charge is 2.24. The molecule has 0 fully saturated rings. The summed E-state index contributed by atoms with van der Waals surface area (Å²) < 4.78 is 17.3. The molecule has 0 saturated carbocycles. The Morgan fingerprint density at radius 3 is 1.90 bits per heavy atom. The van der Waals surface area contributed by atoms with Gasteiger partial charge in [0.2, 0.25) is 5.91 Å². The Morgan fingerprint density at radius 2 is 1.34 bits per heavy atom. The average Bonchev–Trinajstić information content (AvgIpc) is 3.00. The summed E-state index contributed by atoms with van der Waals surface area (Å²) >= 11 is 0. The fourth-order valence-corrected chi connectivity index (χ4v) is 5.36. The molecule has 0 unspecified atom stereocenters. The second kappa shape index (κ2) is 17.3. The number of nitrogens with two attached hydrogens (primary N) is 1. The minimum Gasteiger partial charge on any atom is -0.497 e. The van der Waals surface area contributed by atoms with Gasteiger partial charge in [0.15, 0.2) is 0 Å². The molecule has 41 heavy (non-hydrogen) atoms. The first-order chi connectivity index (χ1) is 20.0. The Kier molecular flexibility index (Phi) is 13.5. The molecular formula is C35H47NO5. The molecule has 3 N–H and O–H groups in total. The van der Waals surface area contributed by atoms with Crippen molar-refractivity contribution in [1.29, 1.82) is 0 Å². The number of hydrogen-bond donors (Lipinski definition) is 2. The molecule has 0 aromatic heterocycles. The number of unbranched alkanes of at least 4 members (excludes halogenated alkanes) is 9. The maximum atomic E-state index is 12.9. The van der Waals surface area contributed by atoms with Crippen LogP contribution in [-0.2, 0) is 6.42 Å². The van der Waals surface area contributed by atoms with Crippen LogP contribution in [0.15, 0.2) is 54.6 Å². The molecule has 0 atom stereocenters. The van der Waals surface area contributed by atoms with E-state index in [9.17, 15) is 9.90 Å². The zero-order valence-corrected chi connectivity index (χ0v) is 25.0. The van der Waals surface area contributed by atoms with Crippen molar-refractivity contribution in [2.45, 2.75) is 77.6 Å². The summed E-state index contributed by atoms with van der Waals surface area (Å²) in [6, 6.07) is 17.2. The minimum atomic E-state index is -0.478. The van der Waals surface area contributed by atoms with Gasteiger partial charge in [0.1, 0.15) is 23.9 Å². The number of methoxy groups -OCH3 is 2. The monoisotopic (exact) mass is 561 g/mol. The molecule has 222 valence electrons. The van der Waals surface area contributed by atoms with Crippen LogP contribution in [0.1, 0.15) is 87.1 Å². The highest BCUT2D eigenvalue weighted by molar-refractivity contribution is 6.00. The van der Waals surface area contributed by atoms with Crippen molar-refractivity contribution in [3.05, 3.63) is 65.7 Å². The molecular weight excluding hydrogens is 514 g/mol. The van der Waals surface area contributed by atoms with Gasteiger partial charge in [0.25, 0.3) is 0 Å². The van der Waals surface area contributed by atoms with Crippen LogP contribution in [-0.4, -0.2) is 38.4 Å². The van der Waals surface area contributed by atoms with Crippen LogP contribution >= 0.6 is 0 Å². The van der Waals surface area contributed by atoms with Gasteiger partial charge < -0.3 is 25.1 Å². The van der Waals surface area contributed by atoms with E-state index in [4.69, 9.17) is 19.9 Å². The van der Waals surface area contributed by atoms with Gasteiger partial charge in [-0.05, 0) is 59.9 Å². The normalized spacial score (nSPS) is 10.9. The molecule has 0 aliphatic rings. The number of ether oxygens (including phenoxy) is 3. The molecule has 0 heterocycles. The SMILES string of the molecule is CCCCCCCCCCCCc1c(C(N)=O)cc(-c2cccc(OC)c2)c(OCCO)c1-c1cccc(OC)c1. The third kappa shape index (κ3) is 9.25. The Bertz CT molecular complexity index is 1240. The molecule has 0 saturated heterocycles. The third-order valence-electron chi connectivity index (χ3n) is 7.51. The summed E-state index contributed by atoms with van der Waals surface area (Å²) in [5.74, 6) is 1.52. The van der Waals surface area contributed by atoms with E-state index in [1.165, 1.54) is 51.4 Å². The standard InChI is InChI=1S/C35H47NO5/c1-4-5-6-7-8-9-10-11-12-13-20-30-32(35(36)38)25-31(26-16-14-18-28(23-26)39-2)34(41-22-21-37)33(30)27-17-15-19-29(24-27)40-3/h14-19,23-25,37H,4-13,20-22H2,1-3H3,(H2,36,38). The van der Waals surface area contributed by atoms with Crippen LogP contribution in [0.3, 0.4) is 0 Å². The molecule has 3 aromatic rings. The fourth-order valence-electron chi connectivity index (χ4n) is 5.36. The molecule has 1 amide bonds. The number of carbonyl (C=O) groups excluding carboxylic acids is 1. The van der Waals surface area contributed by atoms with Gasteiger partial charge in [0.05, 0.1) is 20.8 Å². The van der Waals surface area contributed by atoms with E-state index in [0.29, 0.717) is 29.2 Å². The first-order valence-electron chi connectivity index (χ1n) is 15.1. The zero-order valence-electron chi connectivity index (χ0n) is 25.0. The van der Waals surface area contributed by atoms with Crippen LogP contribution in [0.25, 0.3) is 22.3 Å². The van der Waals surface area contributed by atoms with Gasteiger partial charge in [0, 0.05) is 16.7 Å². The largest absolute Gasteiger partial charge is 0.497 e. The molecule has 0 radical (unpaired) electrons. The Labute approximate surface area is 245 Å². The number of hydrogen-bond acceptors (Lipinski definition) is 5. The Balaban J connectivity index is 2.02. The summed E-state index contributed by atoms with van der Waals surface area (Å²) in [6.07, 6.45) is 13.0. The molecule has 3 aromatic carbocycles. The predicted molar refractivity (Wildman–Crippen MR) is 167 cm³/mol. The van der Waals surface area contributed by atoms with E-state index in [2.05, 4.69) is 6.92 Å². The summed E-state index contributed by atoms with van der Waals surface area (Å²) in [7, 11) is 3.25.